The van der Waals surface area contributed by atoms with Gasteiger partial charge in [-0.1, -0.05) is 164 Å². The molecule has 8 heteroatoms. The molecule has 0 aliphatic heterocycles. The van der Waals surface area contributed by atoms with Crippen molar-refractivity contribution >= 4 is 164 Å². The van der Waals surface area contributed by atoms with Crippen LogP contribution in [0.2, 0.25) is 0 Å². The van der Waals surface area contributed by atoms with E-state index < -0.39 is 0 Å². The predicted octanol–water partition coefficient (Wildman–Crippen LogP) is 21.7. The second kappa shape index (κ2) is 18.9. The highest BCUT2D eigenvalue weighted by Crippen LogP contribution is 2.46. The van der Waals surface area contributed by atoms with Crippen LogP contribution in [0.15, 0.2) is 303 Å². The zero-order valence-electron chi connectivity index (χ0n) is 50.7. The molecule has 94 heavy (non-hydrogen) atoms. The number of nitrogen functional groups attached to an aromatic ring is 2. The van der Waals surface area contributed by atoms with Crippen molar-refractivity contribution in [2.45, 2.75) is 0 Å². The number of hydrogen-bond acceptors (Lipinski definition) is 2. The van der Waals surface area contributed by atoms with Crippen molar-refractivity contribution in [3.63, 3.8) is 0 Å². The van der Waals surface area contributed by atoms with Gasteiger partial charge < -0.3 is 38.9 Å². The summed E-state index contributed by atoms with van der Waals surface area (Å²) in [6, 6.07) is 111. The van der Waals surface area contributed by atoms with E-state index in [0.717, 1.165) is 110 Å². The molecule has 0 amide bonds. The summed E-state index contributed by atoms with van der Waals surface area (Å²) in [6.45, 7) is 0. The second-order valence-electron chi connectivity index (χ2n) is 25.2. The fraction of sp³-hybridized carbons (Fsp3) is 0. The van der Waals surface area contributed by atoms with Crippen molar-refractivity contribution in [2.24, 2.45) is 0 Å². The number of rotatable bonds is 6. The molecule has 438 valence electrons. The lowest BCUT2D eigenvalue weighted by Gasteiger charge is -2.17. The third-order valence-corrected chi connectivity index (χ3v) is 20.5. The van der Waals surface area contributed by atoms with Crippen LogP contribution in [0, 0.1) is 0 Å². The van der Waals surface area contributed by atoms with Gasteiger partial charge >= 0.3 is 0 Å². The molecule has 21 aromatic rings. The molecule has 0 aliphatic rings. The van der Waals surface area contributed by atoms with Crippen LogP contribution in [0.3, 0.4) is 0 Å². The Morgan fingerprint density at radius 2 is 0.319 bits per heavy atom. The molecule has 0 atom stereocenters. The van der Waals surface area contributed by atoms with Crippen molar-refractivity contribution in [3.8, 4) is 34.1 Å². The van der Waals surface area contributed by atoms with E-state index in [1.54, 1.807) is 0 Å². The second-order valence-corrected chi connectivity index (χ2v) is 25.2. The zero-order valence-corrected chi connectivity index (χ0v) is 50.7. The standard InChI is InChI=1S/C86H54N8/c87-85-71-48-51(92-82-43-37-54(90-75-27-11-3-19-61(75)62-20-4-12-28-76(62)90)46-69(82)70-47-55(38-44-83(70)92)91-77-29-13-5-21-63(77)64-22-6-14-30-78(64)91)33-39-57(71)58-40-34-52(49-72(58)86(85)88)94-81-42-36-53(89-73-25-9-1-17-59(73)60-18-2-10-26-74(60)89)45-68(81)67-41-35-56(50-84(67)94)93-79-31-15-7-23-65(79)66-24-8-16-32-80(66)93/h1-50H,87-88H2. The molecule has 8 nitrogen and oxygen atoms in total. The molecular weight excluding hydrogens is 1150 g/mol. The normalized spacial score (nSPS) is 12.3. The Bertz CT molecular complexity index is 6510. The summed E-state index contributed by atoms with van der Waals surface area (Å²) in [7, 11) is 0. The molecule has 0 spiro atoms. The van der Waals surface area contributed by atoms with Gasteiger partial charge in [-0.25, -0.2) is 0 Å². The van der Waals surface area contributed by atoms with Crippen LogP contribution >= 0.6 is 0 Å². The number of nitrogens with zero attached hydrogens (tertiary/aromatic N) is 6. The van der Waals surface area contributed by atoms with Gasteiger partial charge in [0, 0.05) is 110 Å². The molecule has 0 saturated carbocycles. The number of benzene rings is 15. The first-order valence-electron chi connectivity index (χ1n) is 32.1. The van der Waals surface area contributed by atoms with E-state index >= 15 is 0 Å². The molecule has 0 saturated heterocycles. The van der Waals surface area contributed by atoms with Gasteiger partial charge in [-0.05, 0) is 150 Å². The van der Waals surface area contributed by atoms with E-state index in [4.69, 9.17) is 11.5 Å². The van der Waals surface area contributed by atoms with Crippen LogP contribution in [-0.4, -0.2) is 27.4 Å². The number of fused-ring (bicyclic) bond motifs is 21. The third kappa shape index (κ3) is 6.89. The summed E-state index contributed by atoms with van der Waals surface area (Å²) >= 11 is 0. The molecule has 21 rings (SSSR count). The maximum Gasteiger partial charge on any atom is 0.0634 e. The molecule has 0 fully saturated rings. The topological polar surface area (TPSA) is 81.6 Å². The van der Waals surface area contributed by atoms with Gasteiger partial charge in [0.2, 0.25) is 0 Å². The first-order valence-corrected chi connectivity index (χ1v) is 32.1. The number of aromatic nitrogens is 6. The van der Waals surface area contributed by atoms with Gasteiger partial charge in [-0.2, -0.15) is 0 Å². The van der Waals surface area contributed by atoms with E-state index in [1.807, 2.05) is 0 Å². The highest BCUT2D eigenvalue weighted by Gasteiger charge is 2.24. The minimum Gasteiger partial charge on any atom is -0.397 e. The van der Waals surface area contributed by atoms with Crippen molar-refractivity contribution in [1.82, 2.24) is 27.4 Å². The first-order chi connectivity index (χ1) is 46.5. The molecule has 0 aliphatic carbocycles. The Labute approximate surface area is 537 Å². The van der Waals surface area contributed by atoms with Crippen LogP contribution in [0.1, 0.15) is 0 Å². The summed E-state index contributed by atoms with van der Waals surface area (Å²) in [6.07, 6.45) is 0. The lowest BCUT2D eigenvalue weighted by molar-refractivity contribution is 1.15. The molecule has 15 aromatic carbocycles. The van der Waals surface area contributed by atoms with Gasteiger partial charge in [0.25, 0.3) is 0 Å². The van der Waals surface area contributed by atoms with Gasteiger partial charge in [0.1, 0.15) is 0 Å². The van der Waals surface area contributed by atoms with Crippen LogP contribution < -0.4 is 11.5 Å². The van der Waals surface area contributed by atoms with Crippen molar-refractivity contribution in [1.29, 1.82) is 0 Å². The van der Waals surface area contributed by atoms with E-state index in [1.165, 1.54) is 76.2 Å². The van der Waals surface area contributed by atoms with E-state index in [0.29, 0.717) is 11.4 Å². The fourth-order valence-electron chi connectivity index (χ4n) is 16.5. The average Bonchev–Trinajstić information content (AvgIpc) is 1.38. The highest BCUT2D eigenvalue weighted by atomic mass is 15.0. The zero-order chi connectivity index (χ0) is 61.6. The van der Waals surface area contributed by atoms with Crippen molar-refractivity contribution in [3.05, 3.63) is 303 Å². The van der Waals surface area contributed by atoms with Gasteiger partial charge in [-0.15, -0.1) is 0 Å². The molecule has 0 unspecified atom stereocenters. The lowest BCUT2D eigenvalue weighted by atomic mass is 9.97. The molecular formula is C86H54N8. The first kappa shape index (κ1) is 51.0. The number of nitrogens with two attached hydrogens (primary N) is 2. The predicted molar refractivity (Wildman–Crippen MR) is 396 cm³/mol. The molecule has 4 N–H and O–H groups in total. The maximum absolute atomic E-state index is 7.47. The minimum absolute atomic E-state index is 0.552. The third-order valence-electron chi connectivity index (χ3n) is 20.5. The smallest absolute Gasteiger partial charge is 0.0634 e. The summed E-state index contributed by atoms with van der Waals surface area (Å²) in [5.74, 6) is 0. The van der Waals surface area contributed by atoms with E-state index in [2.05, 4.69) is 331 Å². The Hall–Kier alpha value is -12.8. The maximum atomic E-state index is 7.47. The lowest BCUT2D eigenvalue weighted by Crippen LogP contribution is -2.01. The van der Waals surface area contributed by atoms with Gasteiger partial charge in [-0.3, -0.25) is 0 Å². The van der Waals surface area contributed by atoms with Crippen LogP contribution in [0.25, 0.3) is 187 Å². The van der Waals surface area contributed by atoms with E-state index in [-0.39, 0.29) is 0 Å². The van der Waals surface area contributed by atoms with E-state index in [9.17, 15) is 0 Å². The largest absolute Gasteiger partial charge is 0.397 e. The van der Waals surface area contributed by atoms with Crippen LogP contribution in [-0.2, 0) is 0 Å². The number of anilines is 2. The van der Waals surface area contributed by atoms with Crippen LogP contribution in [0.4, 0.5) is 11.4 Å². The highest BCUT2D eigenvalue weighted by molar-refractivity contribution is 6.22. The molecule has 6 aromatic heterocycles. The Morgan fingerprint density at radius 3 is 0.596 bits per heavy atom. The average molecular weight is 1200 g/mol. The fourth-order valence-corrected chi connectivity index (χ4v) is 16.5. The van der Waals surface area contributed by atoms with Gasteiger partial charge in [0.15, 0.2) is 0 Å². The summed E-state index contributed by atoms with van der Waals surface area (Å²) in [4.78, 5) is 0. The Balaban J connectivity index is 0.761. The molecule has 0 bridgehead atoms. The summed E-state index contributed by atoms with van der Waals surface area (Å²) < 4.78 is 14.5. The molecule has 0 radical (unpaired) electrons. The number of hydrogen-bond donors (Lipinski definition) is 2. The Morgan fingerprint density at radius 1 is 0.138 bits per heavy atom. The molecule has 6 heterocycles. The Kier molecular flexibility index (Phi) is 10.3. The van der Waals surface area contributed by atoms with Crippen molar-refractivity contribution in [2.75, 3.05) is 11.5 Å². The van der Waals surface area contributed by atoms with Crippen molar-refractivity contribution < 1.29 is 0 Å². The minimum atomic E-state index is 0.552. The summed E-state index contributed by atoms with van der Waals surface area (Å²) in [5.41, 5.74) is 36.1. The van der Waals surface area contributed by atoms with Gasteiger partial charge in [0.05, 0.1) is 77.6 Å². The SMILES string of the molecule is Nc1c(N)c2cc(-n3c4ccc(-n5c6ccccc6c6ccccc65)cc4c4ccc(-n5c6ccccc6c6ccccc65)cc43)ccc2c2ccc(-n3c4ccc(-n5c6ccccc6c6ccccc65)cc4c4cc(-n5c6ccccc6c6ccccc65)ccc43)cc12. The quantitative estimate of drug-likeness (QED) is 0.0988. The monoisotopic (exact) mass is 1200 g/mol. The van der Waals surface area contributed by atoms with Crippen LogP contribution in [0.5, 0.6) is 0 Å². The number of para-hydroxylation sites is 8. The summed E-state index contributed by atoms with van der Waals surface area (Å²) in [5, 5.41) is 18.3.